The highest BCUT2D eigenvalue weighted by Gasteiger charge is 2.21. The molecule has 0 aromatic heterocycles. The lowest BCUT2D eigenvalue weighted by atomic mass is 10.1. The number of phenols is 5. The summed E-state index contributed by atoms with van der Waals surface area (Å²) in [6, 6.07) is 3.64. The standard InChI is InChI=1S/C16H14O9/c1-24-14(21)6-9-10(18)4-8(17)5-13(9)25-16(23)7-2-11(19)15(22)12(20)3-7/h2-5,17-20,22H,6H2,1H3. The van der Waals surface area contributed by atoms with Crippen molar-refractivity contribution in [3.8, 4) is 34.5 Å². The maximum atomic E-state index is 12.2. The first kappa shape index (κ1) is 17.7. The summed E-state index contributed by atoms with van der Waals surface area (Å²) in [5, 5.41) is 47.5. The van der Waals surface area contributed by atoms with Crippen LogP contribution in [0.4, 0.5) is 0 Å². The van der Waals surface area contributed by atoms with Crippen molar-refractivity contribution in [2.45, 2.75) is 6.42 Å². The second kappa shape index (κ2) is 6.87. The van der Waals surface area contributed by atoms with Crippen LogP contribution in [0.2, 0.25) is 0 Å². The van der Waals surface area contributed by atoms with E-state index in [1.807, 2.05) is 0 Å². The van der Waals surface area contributed by atoms with Gasteiger partial charge in [-0.15, -0.1) is 0 Å². The Hall–Kier alpha value is -3.62. The van der Waals surface area contributed by atoms with Crippen molar-refractivity contribution in [2.75, 3.05) is 7.11 Å². The molecule has 0 bridgehead atoms. The lowest BCUT2D eigenvalue weighted by Gasteiger charge is -2.12. The van der Waals surface area contributed by atoms with Gasteiger partial charge >= 0.3 is 11.9 Å². The summed E-state index contributed by atoms with van der Waals surface area (Å²) < 4.78 is 9.50. The minimum absolute atomic E-state index is 0.106. The second-order valence-electron chi connectivity index (χ2n) is 4.95. The number of hydrogen-bond donors (Lipinski definition) is 5. The molecule has 2 aromatic rings. The zero-order valence-corrected chi connectivity index (χ0v) is 12.9. The van der Waals surface area contributed by atoms with Gasteiger partial charge in [-0.2, -0.15) is 0 Å². The molecule has 5 N–H and O–H groups in total. The van der Waals surface area contributed by atoms with Crippen LogP contribution in [-0.4, -0.2) is 44.6 Å². The van der Waals surface area contributed by atoms with E-state index < -0.39 is 47.1 Å². The van der Waals surface area contributed by atoms with E-state index in [9.17, 15) is 35.1 Å². The Kier molecular flexibility index (Phi) is 4.87. The third-order valence-electron chi connectivity index (χ3n) is 3.23. The summed E-state index contributed by atoms with van der Waals surface area (Å²) in [6.07, 6.45) is -0.433. The normalized spacial score (nSPS) is 10.3. The quantitative estimate of drug-likeness (QED) is 0.310. The Balaban J connectivity index is 2.39. The Bertz CT molecular complexity index is 819. The largest absolute Gasteiger partial charge is 0.508 e. The van der Waals surface area contributed by atoms with Crippen LogP contribution in [0.3, 0.4) is 0 Å². The van der Waals surface area contributed by atoms with Gasteiger partial charge in [-0.3, -0.25) is 4.79 Å². The molecule has 0 radical (unpaired) electrons. The Morgan fingerprint density at radius 1 is 0.920 bits per heavy atom. The Morgan fingerprint density at radius 3 is 2.08 bits per heavy atom. The van der Waals surface area contributed by atoms with Crippen molar-refractivity contribution in [1.29, 1.82) is 0 Å². The number of carbonyl (C=O) groups is 2. The first-order valence-corrected chi connectivity index (χ1v) is 6.81. The minimum Gasteiger partial charge on any atom is -0.508 e. The molecule has 25 heavy (non-hydrogen) atoms. The van der Waals surface area contributed by atoms with Crippen molar-refractivity contribution in [3.63, 3.8) is 0 Å². The molecular formula is C16H14O9. The SMILES string of the molecule is COC(=O)Cc1c(O)cc(O)cc1OC(=O)c1cc(O)c(O)c(O)c1. The van der Waals surface area contributed by atoms with Gasteiger partial charge in [0.15, 0.2) is 17.2 Å². The molecule has 2 rings (SSSR count). The fourth-order valence-electron chi connectivity index (χ4n) is 1.98. The van der Waals surface area contributed by atoms with E-state index in [4.69, 9.17) is 4.74 Å². The maximum absolute atomic E-state index is 12.2. The number of esters is 2. The average molecular weight is 350 g/mol. The average Bonchev–Trinajstić information content (AvgIpc) is 2.54. The molecule has 0 heterocycles. The van der Waals surface area contributed by atoms with E-state index in [1.165, 1.54) is 0 Å². The van der Waals surface area contributed by atoms with Gasteiger partial charge in [-0.25, -0.2) is 4.79 Å². The van der Waals surface area contributed by atoms with Gasteiger partial charge in [-0.05, 0) is 12.1 Å². The third kappa shape index (κ3) is 3.83. The number of methoxy groups -OCH3 is 1. The summed E-state index contributed by atoms with van der Waals surface area (Å²) in [7, 11) is 1.13. The van der Waals surface area contributed by atoms with Crippen molar-refractivity contribution in [1.82, 2.24) is 0 Å². The first-order valence-electron chi connectivity index (χ1n) is 6.81. The Labute approximate surface area is 140 Å². The van der Waals surface area contributed by atoms with E-state index in [2.05, 4.69) is 4.74 Å². The molecular weight excluding hydrogens is 336 g/mol. The van der Waals surface area contributed by atoms with Crippen LogP contribution in [-0.2, 0) is 16.0 Å². The number of phenolic OH excluding ortho intramolecular Hbond substituents is 5. The smallest absolute Gasteiger partial charge is 0.343 e. The number of rotatable bonds is 4. The molecule has 0 aliphatic carbocycles. The van der Waals surface area contributed by atoms with Crippen LogP contribution in [0.1, 0.15) is 15.9 Å². The number of benzene rings is 2. The number of carbonyl (C=O) groups excluding carboxylic acids is 2. The van der Waals surface area contributed by atoms with E-state index in [1.54, 1.807) is 0 Å². The number of hydrogen-bond acceptors (Lipinski definition) is 9. The van der Waals surface area contributed by atoms with Crippen LogP contribution in [0.15, 0.2) is 24.3 Å². The van der Waals surface area contributed by atoms with Gasteiger partial charge in [0.2, 0.25) is 0 Å². The fourth-order valence-corrected chi connectivity index (χ4v) is 1.98. The summed E-state index contributed by atoms with van der Waals surface area (Å²) >= 11 is 0. The molecule has 9 heteroatoms. The van der Waals surface area contributed by atoms with Gasteiger partial charge in [-0.1, -0.05) is 0 Å². The molecule has 0 amide bonds. The van der Waals surface area contributed by atoms with Crippen molar-refractivity contribution in [2.24, 2.45) is 0 Å². The topological polar surface area (TPSA) is 154 Å². The molecule has 0 atom stereocenters. The third-order valence-corrected chi connectivity index (χ3v) is 3.23. The summed E-state index contributed by atoms with van der Waals surface area (Å²) in [6.45, 7) is 0. The second-order valence-corrected chi connectivity index (χ2v) is 4.95. The molecule has 0 aliphatic rings. The molecule has 0 aliphatic heterocycles. The van der Waals surface area contributed by atoms with Crippen LogP contribution < -0.4 is 4.74 Å². The lowest BCUT2D eigenvalue weighted by molar-refractivity contribution is -0.139. The van der Waals surface area contributed by atoms with Crippen LogP contribution in [0.25, 0.3) is 0 Å². The zero-order chi connectivity index (χ0) is 18.7. The highest BCUT2D eigenvalue weighted by atomic mass is 16.5. The lowest BCUT2D eigenvalue weighted by Crippen LogP contribution is -2.12. The molecule has 0 saturated carbocycles. The molecule has 0 saturated heterocycles. The summed E-state index contributed by atoms with van der Waals surface area (Å²) in [4.78, 5) is 23.6. The molecule has 0 spiro atoms. The van der Waals surface area contributed by atoms with Crippen molar-refractivity contribution in [3.05, 3.63) is 35.4 Å². The van der Waals surface area contributed by atoms with E-state index >= 15 is 0 Å². The zero-order valence-electron chi connectivity index (χ0n) is 12.9. The molecule has 2 aromatic carbocycles. The number of ether oxygens (including phenoxy) is 2. The predicted molar refractivity (Wildman–Crippen MR) is 81.9 cm³/mol. The van der Waals surface area contributed by atoms with Crippen LogP contribution in [0.5, 0.6) is 34.5 Å². The Morgan fingerprint density at radius 2 is 1.52 bits per heavy atom. The first-order chi connectivity index (χ1) is 11.7. The van der Waals surface area contributed by atoms with Crippen LogP contribution >= 0.6 is 0 Å². The fraction of sp³-hybridized carbons (Fsp3) is 0.125. The van der Waals surface area contributed by atoms with Gasteiger partial charge < -0.3 is 35.0 Å². The predicted octanol–water partition coefficient (Wildman–Crippen LogP) is 1.15. The van der Waals surface area contributed by atoms with Gasteiger partial charge in [0.1, 0.15) is 17.2 Å². The van der Waals surface area contributed by atoms with Gasteiger partial charge in [0.05, 0.1) is 19.1 Å². The van der Waals surface area contributed by atoms with E-state index in [0.29, 0.717) is 0 Å². The van der Waals surface area contributed by atoms with Gasteiger partial charge in [0.25, 0.3) is 0 Å². The highest BCUT2D eigenvalue weighted by molar-refractivity contribution is 5.93. The monoisotopic (exact) mass is 350 g/mol. The van der Waals surface area contributed by atoms with Crippen LogP contribution in [0, 0.1) is 0 Å². The highest BCUT2D eigenvalue weighted by Crippen LogP contribution is 2.37. The molecule has 0 fully saturated rings. The number of aromatic hydroxyl groups is 5. The van der Waals surface area contributed by atoms with Crippen molar-refractivity contribution < 1.29 is 44.6 Å². The summed E-state index contributed by atoms with van der Waals surface area (Å²) in [5.41, 5.74) is -0.426. The molecule has 132 valence electrons. The summed E-state index contributed by atoms with van der Waals surface area (Å²) in [5.74, 6) is -5.35. The van der Waals surface area contributed by atoms with Gasteiger partial charge in [0, 0.05) is 17.7 Å². The van der Waals surface area contributed by atoms with Crippen molar-refractivity contribution >= 4 is 11.9 Å². The minimum atomic E-state index is -1.08. The van der Waals surface area contributed by atoms with E-state index in [0.717, 1.165) is 31.4 Å². The van der Waals surface area contributed by atoms with E-state index in [-0.39, 0.29) is 16.9 Å². The maximum Gasteiger partial charge on any atom is 0.343 e. The molecule has 9 nitrogen and oxygen atoms in total. The molecule has 0 unspecified atom stereocenters.